The number of aromatic nitrogens is 2. The Morgan fingerprint density at radius 2 is 1.42 bits per heavy atom. The summed E-state index contributed by atoms with van der Waals surface area (Å²) in [5, 5.41) is 4.74. The number of H-pyrrole nitrogens is 1. The molecule has 1 heterocycles. The predicted octanol–water partition coefficient (Wildman–Crippen LogP) is 7.82. The Bertz CT molecular complexity index is 1300. The third kappa shape index (κ3) is 2.45. The number of hydrogen-bond donors (Lipinski definition) is 1. The van der Waals surface area contributed by atoms with Crippen LogP contribution in [0.15, 0.2) is 74.1 Å². The Hall–Kier alpha value is -1.69. The average Bonchev–Trinajstić information content (AvgIpc) is 3.07. The molecule has 0 saturated carbocycles. The molecule has 0 unspecified atom stereocenters. The van der Waals surface area contributed by atoms with E-state index in [0.29, 0.717) is 0 Å². The van der Waals surface area contributed by atoms with Crippen molar-refractivity contribution in [2.24, 2.45) is 0 Å². The van der Waals surface area contributed by atoms with Crippen molar-refractivity contribution in [3.8, 4) is 11.4 Å². The molecule has 0 aliphatic heterocycles. The van der Waals surface area contributed by atoms with Gasteiger partial charge in [-0.3, -0.25) is 0 Å². The number of hydrogen-bond acceptors (Lipinski definition) is 1. The van der Waals surface area contributed by atoms with Gasteiger partial charge in [-0.15, -0.1) is 0 Å². The molecular formula is C21H11Br3N2. The molecule has 0 aliphatic rings. The Balaban J connectivity index is 1.98. The molecule has 1 N–H and O–H groups in total. The maximum Gasteiger partial charge on any atom is 0.140 e. The van der Waals surface area contributed by atoms with E-state index < -0.39 is 0 Å². The smallest absolute Gasteiger partial charge is 0.140 e. The first-order chi connectivity index (χ1) is 12.6. The SMILES string of the molecule is Brc1ccc2c(c1)c1ccccc1c1nc(-c3c(Br)cccc3Br)[nH]c21. The van der Waals surface area contributed by atoms with Crippen molar-refractivity contribution in [2.75, 3.05) is 0 Å². The minimum Gasteiger partial charge on any atom is -0.337 e. The number of imidazole rings is 1. The van der Waals surface area contributed by atoms with Crippen molar-refractivity contribution in [3.63, 3.8) is 0 Å². The van der Waals surface area contributed by atoms with Crippen LogP contribution in [0.5, 0.6) is 0 Å². The fourth-order valence-electron chi connectivity index (χ4n) is 3.49. The highest BCUT2D eigenvalue weighted by molar-refractivity contribution is 9.11. The van der Waals surface area contributed by atoms with E-state index >= 15 is 0 Å². The Kier molecular flexibility index (Phi) is 3.92. The van der Waals surface area contributed by atoms with Crippen LogP contribution < -0.4 is 0 Å². The lowest BCUT2D eigenvalue weighted by molar-refractivity contribution is 1.32. The lowest BCUT2D eigenvalue weighted by atomic mass is 10.0. The van der Waals surface area contributed by atoms with Gasteiger partial charge in [0, 0.05) is 29.8 Å². The molecule has 5 aromatic rings. The second-order valence-electron chi connectivity index (χ2n) is 6.14. The summed E-state index contributed by atoms with van der Waals surface area (Å²) in [6.45, 7) is 0. The van der Waals surface area contributed by atoms with Crippen LogP contribution in [0.2, 0.25) is 0 Å². The molecule has 0 radical (unpaired) electrons. The first-order valence-corrected chi connectivity index (χ1v) is 10.5. The Morgan fingerprint density at radius 3 is 2.19 bits per heavy atom. The van der Waals surface area contributed by atoms with Crippen LogP contribution in [0.1, 0.15) is 0 Å². The van der Waals surface area contributed by atoms with Gasteiger partial charge in [0.15, 0.2) is 0 Å². The largest absolute Gasteiger partial charge is 0.337 e. The quantitative estimate of drug-likeness (QED) is 0.220. The standard InChI is InChI=1S/C21H11Br3N2/c22-11-8-9-14-15(10-11)12-4-1-2-5-13(12)19-20(14)26-21(25-19)18-16(23)6-3-7-17(18)24/h1-10H,(H,25,26). The number of rotatable bonds is 1. The van der Waals surface area contributed by atoms with E-state index in [1.54, 1.807) is 0 Å². The van der Waals surface area contributed by atoms with Crippen molar-refractivity contribution in [3.05, 3.63) is 74.1 Å². The topological polar surface area (TPSA) is 28.7 Å². The summed E-state index contributed by atoms with van der Waals surface area (Å²) in [5.74, 6) is 0.847. The molecule has 126 valence electrons. The summed E-state index contributed by atoms with van der Waals surface area (Å²) >= 11 is 10.9. The van der Waals surface area contributed by atoms with Gasteiger partial charge >= 0.3 is 0 Å². The second-order valence-corrected chi connectivity index (χ2v) is 8.77. The fourth-order valence-corrected chi connectivity index (χ4v) is 5.22. The molecular weight excluding hydrogens is 520 g/mol. The van der Waals surface area contributed by atoms with E-state index in [0.717, 1.165) is 41.2 Å². The highest BCUT2D eigenvalue weighted by Gasteiger charge is 2.16. The molecule has 0 bridgehead atoms. The van der Waals surface area contributed by atoms with E-state index in [1.165, 1.54) is 16.2 Å². The molecule has 0 amide bonds. The van der Waals surface area contributed by atoms with E-state index in [1.807, 2.05) is 18.2 Å². The molecule has 26 heavy (non-hydrogen) atoms. The van der Waals surface area contributed by atoms with Gasteiger partial charge in [0.2, 0.25) is 0 Å². The monoisotopic (exact) mass is 528 g/mol. The molecule has 5 heteroatoms. The van der Waals surface area contributed by atoms with Crippen LogP contribution in [-0.2, 0) is 0 Å². The minimum atomic E-state index is 0.847. The molecule has 0 fully saturated rings. The van der Waals surface area contributed by atoms with Crippen molar-refractivity contribution in [2.45, 2.75) is 0 Å². The molecule has 0 spiro atoms. The number of halogens is 3. The first kappa shape index (κ1) is 16.5. The molecule has 4 aromatic carbocycles. The van der Waals surface area contributed by atoms with Crippen LogP contribution in [0.4, 0.5) is 0 Å². The van der Waals surface area contributed by atoms with Crippen molar-refractivity contribution < 1.29 is 0 Å². The Labute approximate surface area is 175 Å². The first-order valence-electron chi connectivity index (χ1n) is 8.07. The van der Waals surface area contributed by atoms with Gasteiger partial charge in [-0.2, -0.15) is 0 Å². The predicted molar refractivity (Wildman–Crippen MR) is 120 cm³/mol. The third-order valence-electron chi connectivity index (χ3n) is 4.63. The molecule has 2 nitrogen and oxygen atoms in total. The van der Waals surface area contributed by atoms with Crippen LogP contribution >= 0.6 is 47.8 Å². The van der Waals surface area contributed by atoms with E-state index in [2.05, 4.69) is 95.2 Å². The normalized spacial score (nSPS) is 11.7. The number of fused-ring (bicyclic) bond motifs is 6. The highest BCUT2D eigenvalue weighted by atomic mass is 79.9. The van der Waals surface area contributed by atoms with E-state index in [9.17, 15) is 0 Å². The summed E-state index contributed by atoms with van der Waals surface area (Å²) in [7, 11) is 0. The van der Waals surface area contributed by atoms with Gasteiger partial charge < -0.3 is 4.98 Å². The lowest BCUT2D eigenvalue weighted by Gasteiger charge is -2.06. The van der Waals surface area contributed by atoms with Crippen LogP contribution in [0.25, 0.3) is 44.0 Å². The molecule has 1 aromatic heterocycles. The lowest BCUT2D eigenvalue weighted by Crippen LogP contribution is -1.84. The van der Waals surface area contributed by atoms with Crippen LogP contribution in [-0.4, -0.2) is 9.97 Å². The summed E-state index contributed by atoms with van der Waals surface area (Å²) < 4.78 is 3.08. The number of nitrogens with one attached hydrogen (secondary N) is 1. The number of benzene rings is 4. The van der Waals surface area contributed by atoms with Crippen LogP contribution in [0, 0.1) is 0 Å². The van der Waals surface area contributed by atoms with Crippen molar-refractivity contribution >= 4 is 80.4 Å². The summed E-state index contributed by atoms with van der Waals surface area (Å²) in [4.78, 5) is 8.54. The third-order valence-corrected chi connectivity index (χ3v) is 6.44. The molecule has 0 atom stereocenters. The minimum absolute atomic E-state index is 0.847. The zero-order valence-corrected chi connectivity index (χ0v) is 18.1. The second kappa shape index (κ2) is 6.19. The van der Waals surface area contributed by atoms with Crippen LogP contribution in [0.3, 0.4) is 0 Å². The van der Waals surface area contributed by atoms with Gasteiger partial charge in [0.05, 0.1) is 11.0 Å². The van der Waals surface area contributed by atoms with Gasteiger partial charge in [-0.05, 0) is 66.9 Å². The summed E-state index contributed by atoms with van der Waals surface area (Å²) in [6.07, 6.45) is 0. The maximum absolute atomic E-state index is 4.98. The van der Waals surface area contributed by atoms with Gasteiger partial charge in [0.25, 0.3) is 0 Å². The highest BCUT2D eigenvalue weighted by Crippen LogP contribution is 2.39. The number of aromatic amines is 1. The number of nitrogens with zero attached hydrogens (tertiary/aromatic N) is 1. The summed E-state index contributed by atoms with van der Waals surface area (Å²) in [6, 6.07) is 20.9. The fraction of sp³-hybridized carbons (Fsp3) is 0. The maximum atomic E-state index is 4.98. The zero-order chi connectivity index (χ0) is 17.8. The van der Waals surface area contributed by atoms with Crippen molar-refractivity contribution in [1.29, 1.82) is 0 Å². The molecule has 5 rings (SSSR count). The van der Waals surface area contributed by atoms with E-state index in [-0.39, 0.29) is 0 Å². The average molecular weight is 531 g/mol. The van der Waals surface area contributed by atoms with Gasteiger partial charge in [-0.1, -0.05) is 52.3 Å². The molecule has 0 aliphatic carbocycles. The Morgan fingerprint density at radius 1 is 0.692 bits per heavy atom. The van der Waals surface area contributed by atoms with Gasteiger partial charge in [0.1, 0.15) is 5.82 Å². The van der Waals surface area contributed by atoms with E-state index in [4.69, 9.17) is 4.98 Å². The summed E-state index contributed by atoms with van der Waals surface area (Å²) in [5.41, 5.74) is 3.08. The zero-order valence-electron chi connectivity index (χ0n) is 13.4. The van der Waals surface area contributed by atoms with Gasteiger partial charge in [-0.25, -0.2) is 4.98 Å². The van der Waals surface area contributed by atoms with Crippen molar-refractivity contribution in [1.82, 2.24) is 9.97 Å². The molecule has 0 saturated heterocycles.